The Kier molecular flexibility index (Phi) is 4.37. The summed E-state index contributed by atoms with van der Waals surface area (Å²) >= 11 is 5.68. The first-order chi connectivity index (χ1) is 9.58. The fourth-order valence-electron chi connectivity index (χ4n) is 1.65. The van der Waals surface area contributed by atoms with Gasteiger partial charge in [0.15, 0.2) is 0 Å². The molecule has 1 heterocycles. The maximum Gasteiger partial charge on any atom is 0.288 e. The minimum Gasteiger partial charge on any atom is -0.472 e. The molecule has 2 aromatic rings. The molecule has 1 aromatic heterocycles. The van der Waals surface area contributed by atoms with Gasteiger partial charge in [-0.05, 0) is 30.2 Å². The van der Waals surface area contributed by atoms with Crippen LogP contribution in [-0.4, -0.2) is 17.4 Å². The number of carbonyl (C=O) groups is 1. The maximum absolute atomic E-state index is 11.9. The van der Waals surface area contributed by atoms with E-state index in [4.69, 9.17) is 16.0 Å². The van der Waals surface area contributed by atoms with Crippen LogP contribution in [0.25, 0.3) is 0 Å². The van der Waals surface area contributed by atoms with Crippen LogP contribution in [0.15, 0.2) is 41.2 Å². The number of nitrogens with one attached hydrogen (secondary N) is 1. The smallest absolute Gasteiger partial charge is 0.288 e. The molecule has 0 saturated heterocycles. The minimum atomic E-state index is -0.620. The number of benzene rings is 1. The Morgan fingerprint density at radius 2 is 2.20 bits per heavy atom. The van der Waals surface area contributed by atoms with Gasteiger partial charge in [0.25, 0.3) is 11.6 Å². The first-order valence-electron chi connectivity index (χ1n) is 5.81. The van der Waals surface area contributed by atoms with E-state index in [2.05, 4.69) is 5.32 Å². The highest BCUT2D eigenvalue weighted by Crippen LogP contribution is 2.24. The van der Waals surface area contributed by atoms with Gasteiger partial charge in [0.05, 0.1) is 17.4 Å². The van der Waals surface area contributed by atoms with E-state index in [-0.39, 0.29) is 22.2 Å². The number of nitro groups is 1. The molecule has 1 aromatic carbocycles. The van der Waals surface area contributed by atoms with Gasteiger partial charge in [-0.15, -0.1) is 0 Å². The standard InChI is InChI=1S/C13H11ClN2O4/c14-11-2-1-10(7-12(11)16(18)19)13(17)15-5-3-9-4-6-20-8-9/h1-2,4,6-8H,3,5H2,(H,15,17). The van der Waals surface area contributed by atoms with Gasteiger partial charge in [-0.2, -0.15) is 0 Å². The van der Waals surface area contributed by atoms with Crippen molar-refractivity contribution >= 4 is 23.2 Å². The van der Waals surface area contributed by atoms with E-state index in [9.17, 15) is 14.9 Å². The fourth-order valence-corrected chi connectivity index (χ4v) is 1.84. The van der Waals surface area contributed by atoms with Crippen LogP contribution in [0.5, 0.6) is 0 Å². The summed E-state index contributed by atoms with van der Waals surface area (Å²) < 4.78 is 4.91. The molecule has 6 nitrogen and oxygen atoms in total. The number of nitrogens with zero attached hydrogens (tertiary/aromatic N) is 1. The summed E-state index contributed by atoms with van der Waals surface area (Å²) in [7, 11) is 0. The van der Waals surface area contributed by atoms with Gasteiger partial charge < -0.3 is 9.73 Å². The monoisotopic (exact) mass is 294 g/mol. The van der Waals surface area contributed by atoms with Gasteiger partial charge in [0.1, 0.15) is 5.02 Å². The summed E-state index contributed by atoms with van der Waals surface area (Å²) in [6.07, 6.45) is 3.77. The van der Waals surface area contributed by atoms with Crippen molar-refractivity contribution < 1.29 is 14.1 Å². The molecule has 0 aliphatic rings. The fraction of sp³-hybridized carbons (Fsp3) is 0.154. The molecule has 7 heteroatoms. The number of nitro benzene ring substituents is 1. The van der Waals surface area contributed by atoms with Crippen LogP contribution in [-0.2, 0) is 6.42 Å². The molecule has 0 unspecified atom stereocenters. The molecule has 0 radical (unpaired) electrons. The second-order valence-electron chi connectivity index (χ2n) is 4.06. The lowest BCUT2D eigenvalue weighted by Gasteiger charge is -2.04. The van der Waals surface area contributed by atoms with Crippen molar-refractivity contribution in [2.24, 2.45) is 0 Å². The van der Waals surface area contributed by atoms with E-state index in [1.807, 2.05) is 0 Å². The van der Waals surface area contributed by atoms with Crippen LogP contribution < -0.4 is 5.32 Å². The Balaban J connectivity index is 1.98. The van der Waals surface area contributed by atoms with Gasteiger partial charge in [-0.1, -0.05) is 11.6 Å². The van der Waals surface area contributed by atoms with Crippen molar-refractivity contribution in [3.63, 3.8) is 0 Å². The summed E-state index contributed by atoms with van der Waals surface area (Å²) in [5.74, 6) is -0.381. The number of furan rings is 1. The summed E-state index contributed by atoms with van der Waals surface area (Å²) in [6.45, 7) is 0.411. The van der Waals surface area contributed by atoms with E-state index in [0.717, 1.165) is 11.6 Å². The lowest BCUT2D eigenvalue weighted by molar-refractivity contribution is -0.384. The second-order valence-corrected chi connectivity index (χ2v) is 4.47. The zero-order valence-corrected chi connectivity index (χ0v) is 11.1. The normalized spacial score (nSPS) is 10.2. The molecule has 1 N–H and O–H groups in total. The predicted molar refractivity (Wildman–Crippen MR) is 72.9 cm³/mol. The van der Waals surface area contributed by atoms with Crippen LogP contribution in [0.2, 0.25) is 5.02 Å². The van der Waals surface area contributed by atoms with Crippen molar-refractivity contribution in [3.8, 4) is 0 Å². The van der Waals surface area contributed by atoms with Crippen molar-refractivity contribution in [2.45, 2.75) is 6.42 Å². The summed E-state index contributed by atoms with van der Waals surface area (Å²) in [4.78, 5) is 22.0. The molecule has 104 valence electrons. The molecule has 2 rings (SSSR count). The number of carbonyl (C=O) groups excluding carboxylic acids is 1. The number of halogens is 1. The zero-order valence-electron chi connectivity index (χ0n) is 10.3. The molecule has 0 aliphatic heterocycles. The second kappa shape index (κ2) is 6.21. The average molecular weight is 295 g/mol. The third-order valence-corrected chi connectivity index (χ3v) is 3.00. The van der Waals surface area contributed by atoms with Gasteiger partial charge >= 0.3 is 0 Å². The molecule has 1 amide bonds. The van der Waals surface area contributed by atoms with Crippen LogP contribution in [0, 0.1) is 10.1 Å². The molecule has 0 bridgehead atoms. The topological polar surface area (TPSA) is 85.4 Å². The third-order valence-electron chi connectivity index (χ3n) is 2.68. The number of hydrogen-bond donors (Lipinski definition) is 1. The van der Waals surface area contributed by atoms with E-state index < -0.39 is 4.92 Å². The predicted octanol–water partition coefficient (Wildman–Crippen LogP) is 2.81. The Labute approximate surface area is 119 Å². The SMILES string of the molecule is O=C(NCCc1ccoc1)c1ccc(Cl)c([N+](=O)[O-])c1. The van der Waals surface area contributed by atoms with Gasteiger partial charge in [-0.25, -0.2) is 0 Å². The quantitative estimate of drug-likeness (QED) is 0.678. The van der Waals surface area contributed by atoms with Crippen molar-refractivity contribution in [3.05, 3.63) is 63.1 Å². The molecule has 0 fully saturated rings. The largest absolute Gasteiger partial charge is 0.472 e. The lowest BCUT2D eigenvalue weighted by atomic mass is 10.2. The van der Waals surface area contributed by atoms with E-state index in [0.29, 0.717) is 13.0 Å². The van der Waals surface area contributed by atoms with Crippen LogP contribution in [0.3, 0.4) is 0 Å². The maximum atomic E-state index is 11.9. The van der Waals surface area contributed by atoms with Gasteiger partial charge in [0.2, 0.25) is 0 Å². The van der Waals surface area contributed by atoms with Crippen molar-refractivity contribution in [2.75, 3.05) is 6.54 Å². The molecule has 0 saturated carbocycles. The van der Waals surface area contributed by atoms with E-state index >= 15 is 0 Å². The summed E-state index contributed by atoms with van der Waals surface area (Å²) in [5.41, 5.74) is 0.884. The first kappa shape index (κ1) is 14.1. The first-order valence-corrected chi connectivity index (χ1v) is 6.19. The Hall–Kier alpha value is -2.34. The third kappa shape index (κ3) is 3.36. The number of hydrogen-bond acceptors (Lipinski definition) is 4. The Morgan fingerprint density at radius 1 is 1.40 bits per heavy atom. The minimum absolute atomic E-state index is 0.00458. The summed E-state index contributed by atoms with van der Waals surface area (Å²) in [5, 5.41) is 13.4. The number of amides is 1. The van der Waals surface area contributed by atoms with Gasteiger partial charge in [0, 0.05) is 18.2 Å². The van der Waals surface area contributed by atoms with Gasteiger partial charge in [-0.3, -0.25) is 14.9 Å². The van der Waals surface area contributed by atoms with Crippen LogP contribution in [0.4, 0.5) is 5.69 Å². The van der Waals surface area contributed by atoms with E-state index in [1.54, 1.807) is 18.6 Å². The molecule has 20 heavy (non-hydrogen) atoms. The molecular weight excluding hydrogens is 284 g/mol. The highest BCUT2D eigenvalue weighted by molar-refractivity contribution is 6.32. The van der Waals surface area contributed by atoms with Crippen LogP contribution >= 0.6 is 11.6 Å². The number of rotatable bonds is 5. The molecule has 0 aliphatic carbocycles. The average Bonchev–Trinajstić information content (AvgIpc) is 2.92. The highest BCUT2D eigenvalue weighted by atomic mass is 35.5. The molecule has 0 spiro atoms. The Bertz CT molecular complexity index is 625. The summed E-state index contributed by atoms with van der Waals surface area (Å²) in [6, 6.07) is 5.75. The highest BCUT2D eigenvalue weighted by Gasteiger charge is 2.15. The van der Waals surface area contributed by atoms with Crippen LogP contribution in [0.1, 0.15) is 15.9 Å². The van der Waals surface area contributed by atoms with E-state index in [1.165, 1.54) is 12.1 Å². The van der Waals surface area contributed by atoms with Crippen molar-refractivity contribution in [1.29, 1.82) is 0 Å². The molecular formula is C13H11ClN2O4. The zero-order chi connectivity index (χ0) is 14.5. The Morgan fingerprint density at radius 3 is 2.85 bits per heavy atom. The lowest BCUT2D eigenvalue weighted by Crippen LogP contribution is -2.25. The van der Waals surface area contributed by atoms with Crippen molar-refractivity contribution in [1.82, 2.24) is 5.32 Å². The molecule has 0 atom stereocenters.